The summed E-state index contributed by atoms with van der Waals surface area (Å²) in [6, 6.07) is -2.27. The standard InChI is InChI=1S/C10H15N3O9SSi/c11-5-1-2-7(14)13-6(4-23)9(16)12-3-8(15)19-21-24(18)22-20-10(5)17/h5-6,23H,1-4,11H2,(H,12,16)(H,13,14). The van der Waals surface area contributed by atoms with E-state index in [1.54, 1.807) is 0 Å². The summed E-state index contributed by atoms with van der Waals surface area (Å²) in [5.74, 6) is -3.52. The van der Waals surface area contributed by atoms with Gasteiger partial charge in [0, 0.05) is 12.2 Å². The third-order valence-electron chi connectivity index (χ3n) is 2.62. The van der Waals surface area contributed by atoms with E-state index in [2.05, 4.69) is 42.2 Å². The van der Waals surface area contributed by atoms with Crippen molar-refractivity contribution in [2.45, 2.75) is 24.9 Å². The lowest BCUT2D eigenvalue weighted by Gasteiger charge is -2.17. The van der Waals surface area contributed by atoms with E-state index in [4.69, 9.17) is 5.73 Å². The molecule has 0 radical (unpaired) electrons. The van der Waals surface area contributed by atoms with Crippen molar-refractivity contribution in [3.8, 4) is 0 Å². The molecule has 0 spiro atoms. The number of rotatable bonds is 1. The van der Waals surface area contributed by atoms with Gasteiger partial charge in [-0.2, -0.15) is 12.6 Å². The van der Waals surface area contributed by atoms with Crippen LogP contribution in [0, 0.1) is 0 Å². The Morgan fingerprint density at radius 2 is 1.88 bits per heavy atom. The fourth-order valence-electron chi connectivity index (χ4n) is 1.41. The van der Waals surface area contributed by atoms with Gasteiger partial charge in [-0.1, -0.05) is 0 Å². The highest BCUT2D eigenvalue weighted by Gasteiger charge is 2.26. The number of carbonyl (C=O) groups excluding carboxylic acids is 4. The van der Waals surface area contributed by atoms with Crippen molar-refractivity contribution >= 4 is 45.6 Å². The Labute approximate surface area is 142 Å². The second-order valence-corrected chi connectivity index (χ2v) is 5.64. The molecule has 1 aliphatic rings. The Bertz CT molecular complexity index is 532. The third kappa shape index (κ3) is 6.92. The topological polar surface area (TPSA) is 172 Å². The first-order chi connectivity index (χ1) is 11.3. The second kappa shape index (κ2) is 9.84. The van der Waals surface area contributed by atoms with E-state index in [1.165, 1.54) is 0 Å². The van der Waals surface area contributed by atoms with E-state index in [-0.39, 0.29) is 18.6 Å². The van der Waals surface area contributed by atoms with E-state index in [0.717, 1.165) is 0 Å². The molecule has 1 fully saturated rings. The van der Waals surface area contributed by atoms with Gasteiger partial charge in [0.15, 0.2) is 0 Å². The molecule has 12 nitrogen and oxygen atoms in total. The van der Waals surface area contributed by atoms with E-state index in [1.807, 2.05) is 0 Å². The van der Waals surface area contributed by atoms with Crippen molar-refractivity contribution in [2.75, 3.05) is 12.3 Å². The third-order valence-corrected chi connectivity index (χ3v) is 3.42. The number of carbonyl (C=O) groups is 4. The monoisotopic (exact) mass is 381 g/mol. The lowest BCUT2D eigenvalue weighted by Crippen LogP contribution is -2.49. The van der Waals surface area contributed by atoms with E-state index in [0.29, 0.717) is 0 Å². The van der Waals surface area contributed by atoms with Gasteiger partial charge in [-0.15, -0.1) is 0 Å². The molecule has 0 saturated carbocycles. The van der Waals surface area contributed by atoms with E-state index < -0.39 is 51.6 Å². The number of hydrogen-bond acceptors (Lipinski definition) is 11. The summed E-state index contributed by atoms with van der Waals surface area (Å²) in [6.07, 6.45) is -0.312. The van der Waals surface area contributed by atoms with Gasteiger partial charge < -0.3 is 16.4 Å². The van der Waals surface area contributed by atoms with Crippen molar-refractivity contribution in [2.24, 2.45) is 5.73 Å². The van der Waals surface area contributed by atoms with Crippen LogP contribution in [0.3, 0.4) is 0 Å². The first-order valence-electron chi connectivity index (χ1n) is 6.56. The van der Waals surface area contributed by atoms with Gasteiger partial charge in [0.2, 0.25) is 11.8 Å². The fourth-order valence-corrected chi connectivity index (χ4v) is 2.00. The summed E-state index contributed by atoms with van der Waals surface area (Å²) in [5.41, 5.74) is 5.46. The zero-order valence-electron chi connectivity index (χ0n) is 12.2. The Morgan fingerprint density at radius 1 is 1.21 bits per heavy atom. The average molecular weight is 381 g/mol. The normalized spacial score (nSPS) is 24.7. The van der Waals surface area contributed by atoms with E-state index in [9.17, 15) is 23.6 Å². The SMILES string of the molecule is NC1CCC(=O)NC(CS)C(=O)NCC(=O)OO[Si](=O)OOC1=O. The smallest absolute Gasteiger partial charge is 0.344 e. The molecule has 2 atom stereocenters. The molecular formula is C10H15N3O9SSi. The lowest BCUT2D eigenvalue weighted by molar-refractivity contribution is -0.265. The molecule has 2 amide bonds. The van der Waals surface area contributed by atoms with Crippen LogP contribution in [0.25, 0.3) is 0 Å². The van der Waals surface area contributed by atoms with Gasteiger partial charge in [-0.05, 0) is 6.42 Å². The number of amides is 2. The minimum absolute atomic E-state index is 0.0429. The van der Waals surface area contributed by atoms with Crippen LogP contribution < -0.4 is 16.4 Å². The van der Waals surface area contributed by atoms with Gasteiger partial charge >= 0.3 is 21.1 Å². The Morgan fingerprint density at radius 3 is 2.54 bits per heavy atom. The minimum Gasteiger partial charge on any atom is -0.344 e. The molecule has 1 rings (SSSR count). The predicted octanol–water partition coefficient (Wildman–Crippen LogP) is -3.00. The molecule has 0 aromatic rings. The number of nitrogens with one attached hydrogen (secondary N) is 2. The van der Waals surface area contributed by atoms with Crippen LogP contribution in [-0.2, 0) is 42.6 Å². The molecular weight excluding hydrogens is 366 g/mol. The molecule has 0 aromatic carbocycles. The summed E-state index contributed by atoms with van der Waals surface area (Å²) in [6.45, 7) is -0.626. The largest absolute Gasteiger partial charge is 0.854 e. The summed E-state index contributed by atoms with van der Waals surface area (Å²) in [4.78, 5) is 54.5. The van der Waals surface area contributed by atoms with Crippen LogP contribution in [0.2, 0.25) is 0 Å². The van der Waals surface area contributed by atoms with Gasteiger partial charge in [0.25, 0.3) is 0 Å². The van der Waals surface area contributed by atoms with Crippen molar-refractivity contribution in [1.29, 1.82) is 0 Å². The quantitative estimate of drug-likeness (QED) is 0.208. The zero-order valence-corrected chi connectivity index (χ0v) is 14.1. The van der Waals surface area contributed by atoms with Crippen LogP contribution in [0.1, 0.15) is 12.8 Å². The highest BCUT2D eigenvalue weighted by Crippen LogP contribution is 2.00. The van der Waals surface area contributed by atoms with E-state index >= 15 is 0 Å². The molecule has 4 N–H and O–H groups in total. The minimum atomic E-state index is -3.48. The molecule has 24 heavy (non-hydrogen) atoms. The second-order valence-electron chi connectivity index (χ2n) is 4.44. The molecule has 1 saturated heterocycles. The molecule has 0 aromatic heterocycles. The van der Waals surface area contributed by atoms with Crippen molar-refractivity contribution in [3.05, 3.63) is 0 Å². The highest BCUT2D eigenvalue weighted by molar-refractivity contribution is 7.80. The predicted molar refractivity (Wildman–Crippen MR) is 76.8 cm³/mol. The molecule has 2 unspecified atom stereocenters. The van der Waals surface area contributed by atoms with Crippen molar-refractivity contribution in [1.82, 2.24) is 10.6 Å². The number of thiol groups is 1. The van der Waals surface area contributed by atoms with Gasteiger partial charge in [-0.25, -0.2) is 9.59 Å². The zero-order chi connectivity index (χ0) is 18.1. The Hall–Kier alpha value is -2.19. The first kappa shape index (κ1) is 19.9. The average Bonchev–Trinajstić information content (AvgIpc) is 2.57. The van der Waals surface area contributed by atoms with Crippen LogP contribution in [-0.4, -0.2) is 57.3 Å². The van der Waals surface area contributed by atoms with Crippen molar-refractivity contribution < 1.29 is 42.6 Å². The summed E-state index contributed by atoms with van der Waals surface area (Å²) in [5, 5.41) is 4.53. The van der Waals surface area contributed by atoms with Crippen LogP contribution in [0.5, 0.6) is 0 Å². The fraction of sp³-hybridized carbons (Fsp3) is 0.600. The maximum Gasteiger partial charge on any atom is 0.854 e. The Balaban J connectivity index is 2.75. The van der Waals surface area contributed by atoms with Crippen LogP contribution >= 0.6 is 12.6 Å². The molecule has 1 aliphatic heterocycles. The summed E-state index contributed by atoms with van der Waals surface area (Å²) in [7, 11) is -3.48. The first-order valence-corrected chi connectivity index (χ1v) is 8.42. The summed E-state index contributed by atoms with van der Waals surface area (Å²) >= 11 is 3.92. The van der Waals surface area contributed by atoms with Gasteiger partial charge in [0.05, 0.1) is 0 Å². The number of hydrogen-bond donors (Lipinski definition) is 4. The Kier molecular flexibility index (Phi) is 8.14. The van der Waals surface area contributed by atoms with Crippen molar-refractivity contribution in [3.63, 3.8) is 0 Å². The van der Waals surface area contributed by atoms with Gasteiger partial charge in [-0.3, -0.25) is 33.0 Å². The molecule has 0 aliphatic carbocycles. The highest BCUT2D eigenvalue weighted by atomic mass is 32.1. The lowest BCUT2D eigenvalue weighted by atomic mass is 10.1. The molecule has 134 valence electrons. The maximum absolute atomic E-state index is 11.8. The molecule has 14 heteroatoms. The molecule has 1 heterocycles. The van der Waals surface area contributed by atoms with Crippen LogP contribution in [0.4, 0.5) is 0 Å². The van der Waals surface area contributed by atoms with Gasteiger partial charge in [0.1, 0.15) is 18.6 Å². The molecule has 0 bridgehead atoms. The summed E-state index contributed by atoms with van der Waals surface area (Å²) < 4.78 is 19.3. The maximum atomic E-state index is 11.8. The van der Waals surface area contributed by atoms with Crippen LogP contribution in [0.15, 0.2) is 0 Å². The number of nitrogens with two attached hydrogens (primary N) is 1.